The first-order valence-electron chi connectivity index (χ1n) is 2.99. The van der Waals surface area contributed by atoms with E-state index in [1.807, 2.05) is 26.0 Å². The molecule has 0 saturated carbocycles. The molecule has 0 saturated heterocycles. The van der Waals surface area contributed by atoms with E-state index in [0.29, 0.717) is 5.92 Å². The van der Waals surface area contributed by atoms with Crippen LogP contribution in [0.15, 0.2) is 12.2 Å². The first-order chi connectivity index (χ1) is 3.68. The van der Waals surface area contributed by atoms with Gasteiger partial charge >= 0.3 is 0 Å². The van der Waals surface area contributed by atoms with E-state index in [1.54, 1.807) is 6.92 Å². The minimum atomic E-state index is -0.216. The normalized spacial score (nSPS) is 19.0. The van der Waals surface area contributed by atoms with E-state index in [1.165, 1.54) is 0 Å². The number of aliphatic hydroxyl groups excluding tert-OH is 1. The molecule has 0 bridgehead atoms. The van der Waals surface area contributed by atoms with Gasteiger partial charge in [-0.05, 0) is 19.8 Å². The van der Waals surface area contributed by atoms with Crippen LogP contribution in [-0.2, 0) is 0 Å². The van der Waals surface area contributed by atoms with Crippen LogP contribution in [0.4, 0.5) is 0 Å². The van der Waals surface area contributed by atoms with E-state index in [4.69, 9.17) is 5.11 Å². The van der Waals surface area contributed by atoms with Crippen molar-refractivity contribution >= 4 is 0 Å². The minimum Gasteiger partial charge on any atom is -0.393 e. The molecule has 8 heavy (non-hydrogen) atoms. The van der Waals surface area contributed by atoms with Crippen LogP contribution in [0, 0.1) is 5.92 Å². The fourth-order valence-corrected chi connectivity index (χ4v) is 0.464. The smallest absolute Gasteiger partial charge is 0.0572 e. The average molecular weight is 114 g/mol. The summed E-state index contributed by atoms with van der Waals surface area (Å²) >= 11 is 0. The maximum Gasteiger partial charge on any atom is 0.0572 e. The lowest BCUT2D eigenvalue weighted by atomic mass is 10.1. The Balaban J connectivity index is 3.47. The average Bonchev–Trinajstić information content (AvgIpc) is 1.67. The second-order valence-corrected chi connectivity index (χ2v) is 2.13. The molecular weight excluding hydrogens is 100 g/mol. The molecule has 0 rings (SSSR count). The third-order valence-electron chi connectivity index (χ3n) is 1.26. The summed E-state index contributed by atoms with van der Waals surface area (Å²) in [6, 6.07) is 0. The number of allylic oxidation sites excluding steroid dienone is 1. The zero-order chi connectivity index (χ0) is 6.57. The first-order valence-corrected chi connectivity index (χ1v) is 2.99. The predicted molar refractivity (Wildman–Crippen MR) is 35.7 cm³/mol. The van der Waals surface area contributed by atoms with Crippen LogP contribution >= 0.6 is 0 Å². The second-order valence-electron chi connectivity index (χ2n) is 2.13. The fraction of sp³-hybridized carbons (Fsp3) is 0.714. The highest BCUT2D eigenvalue weighted by atomic mass is 16.3. The van der Waals surface area contributed by atoms with E-state index in [2.05, 4.69) is 0 Å². The predicted octanol–water partition coefficient (Wildman–Crippen LogP) is 1.58. The topological polar surface area (TPSA) is 20.2 Å². The molecule has 0 fully saturated rings. The fourth-order valence-electron chi connectivity index (χ4n) is 0.464. The molecule has 0 radical (unpaired) electrons. The van der Waals surface area contributed by atoms with Crippen molar-refractivity contribution in [3.8, 4) is 0 Å². The van der Waals surface area contributed by atoms with Crippen LogP contribution in [0.25, 0.3) is 0 Å². The highest BCUT2D eigenvalue weighted by Crippen LogP contribution is 2.02. The van der Waals surface area contributed by atoms with Crippen molar-refractivity contribution in [2.45, 2.75) is 26.9 Å². The summed E-state index contributed by atoms with van der Waals surface area (Å²) in [6.45, 7) is 5.74. The highest BCUT2D eigenvalue weighted by molar-refractivity contribution is 4.85. The summed E-state index contributed by atoms with van der Waals surface area (Å²) in [5.74, 6) is 0.292. The maximum atomic E-state index is 8.90. The number of aliphatic hydroxyl groups is 1. The Morgan fingerprint density at radius 3 is 2.00 bits per heavy atom. The largest absolute Gasteiger partial charge is 0.393 e. The Morgan fingerprint density at radius 1 is 1.38 bits per heavy atom. The Bertz CT molecular complexity index is 74.5. The van der Waals surface area contributed by atoms with E-state index in [9.17, 15) is 0 Å². The molecule has 0 amide bonds. The van der Waals surface area contributed by atoms with E-state index < -0.39 is 0 Å². The van der Waals surface area contributed by atoms with Gasteiger partial charge in [-0.2, -0.15) is 0 Å². The lowest BCUT2D eigenvalue weighted by Gasteiger charge is -2.07. The molecule has 0 unspecified atom stereocenters. The third kappa shape index (κ3) is 2.80. The standard InChI is InChI=1S/C7H14O/c1-4-5-6(2)7(3)8/h4-8H,1-3H3/b5-4+/t6-,7+/m1/s1. The molecular formula is C7H14O. The van der Waals surface area contributed by atoms with Crippen molar-refractivity contribution in [3.05, 3.63) is 12.2 Å². The molecule has 0 aromatic carbocycles. The summed E-state index contributed by atoms with van der Waals surface area (Å²) in [5.41, 5.74) is 0. The molecule has 0 aliphatic carbocycles. The van der Waals surface area contributed by atoms with Gasteiger partial charge in [-0.3, -0.25) is 0 Å². The van der Waals surface area contributed by atoms with Gasteiger partial charge in [0, 0.05) is 0 Å². The zero-order valence-electron chi connectivity index (χ0n) is 5.76. The van der Waals surface area contributed by atoms with Crippen molar-refractivity contribution < 1.29 is 5.11 Å². The highest BCUT2D eigenvalue weighted by Gasteiger charge is 2.01. The molecule has 0 aliphatic heterocycles. The van der Waals surface area contributed by atoms with Crippen LogP contribution in [-0.4, -0.2) is 11.2 Å². The lowest BCUT2D eigenvalue weighted by Crippen LogP contribution is -2.09. The number of hydrogen-bond donors (Lipinski definition) is 1. The van der Waals surface area contributed by atoms with Gasteiger partial charge in [0.15, 0.2) is 0 Å². The Kier molecular flexibility index (Phi) is 3.53. The van der Waals surface area contributed by atoms with Gasteiger partial charge in [0.25, 0.3) is 0 Å². The van der Waals surface area contributed by atoms with Crippen molar-refractivity contribution in [3.63, 3.8) is 0 Å². The molecule has 0 aliphatic rings. The van der Waals surface area contributed by atoms with Gasteiger partial charge < -0.3 is 5.11 Å². The Morgan fingerprint density at radius 2 is 1.88 bits per heavy atom. The SMILES string of the molecule is C/C=C/[C@@H](C)[C@H](C)O. The summed E-state index contributed by atoms with van der Waals surface area (Å²) in [6.07, 6.45) is 3.73. The van der Waals surface area contributed by atoms with Crippen molar-refractivity contribution in [1.82, 2.24) is 0 Å². The molecule has 0 aromatic heterocycles. The van der Waals surface area contributed by atoms with E-state index in [-0.39, 0.29) is 6.10 Å². The molecule has 0 aromatic rings. The summed E-state index contributed by atoms with van der Waals surface area (Å²) < 4.78 is 0. The molecule has 1 heteroatoms. The molecule has 0 spiro atoms. The van der Waals surface area contributed by atoms with E-state index in [0.717, 1.165) is 0 Å². The zero-order valence-corrected chi connectivity index (χ0v) is 5.76. The Hall–Kier alpha value is -0.300. The molecule has 1 nitrogen and oxygen atoms in total. The molecule has 1 N–H and O–H groups in total. The summed E-state index contributed by atoms with van der Waals surface area (Å²) in [4.78, 5) is 0. The first kappa shape index (κ1) is 7.70. The van der Waals surface area contributed by atoms with Crippen LogP contribution in [0.2, 0.25) is 0 Å². The number of hydrogen-bond acceptors (Lipinski definition) is 1. The van der Waals surface area contributed by atoms with Gasteiger partial charge in [-0.1, -0.05) is 19.1 Å². The lowest BCUT2D eigenvalue weighted by molar-refractivity contribution is 0.157. The van der Waals surface area contributed by atoms with Crippen LogP contribution < -0.4 is 0 Å². The van der Waals surface area contributed by atoms with Gasteiger partial charge in [-0.25, -0.2) is 0 Å². The van der Waals surface area contributed by atoms with Gasteiger partial charge in [-0.15, -0.1) is 0 Å². The quantitative estimate of drug-likeness (QED) is 0.540. The van der Waals surface area contributed by atoms with Crippen LogP contribution in [0.1, 0.15) is 20.8 Å². The van der Waals surface area contributed by atoms with Gasteiger partial charge in [0.2, 0.25) is 0 Å². The summed E-state index contributed by atoms with van der Waals surface area (Å²) in [5, 5.41) is 8.90. The second kappa shape index (κ2) is 3.67. The van der Waals surface area contributed by atoms with Crippen LogP contribution in [0.5, 0.6) is 0 Å². The molecule has 0 heterocycles. The van der Waals surface area contributed by atoms with Crippen molar-refractivity contribution in [1.29, 1.82) is 0 Å². The molecule has 2 atom stereocenters. The van der Waals surface area contributed by atoms with Crippen molar-refractivity contribution in [2.24, 2.45) is 5.92 Å². The molecule has 48 valence electrons. The maximum absolute atomic E-state index is 8.90. The monoisotopic (exact) mass is 114 g/mol. The number of rotatable bonds is 2. The van der Waals surface area contributed by atoms with Gasteiger partial charge in [0.05, 0.1) is 6.10 Å². The Labute approximate surface area is 51.0 Å². The third-order valence-corrected chi connectivity index (χ3v) is 1.26. The van der Waals surface area contributed by atoms with E-state index >= 15 is 0 Å². The van der Waals surface area contributed by atoms with Crippen LogP contribution in [0.3, 0.4) is 0 Å². The minimum absolute atomic E-state index is 0.216. The van der Waals surface area contributed by atoms with Gasteiger partial charge in [0.1, 0.15) is 0 Å². The van der Waals surface area contributed by atoms with Crippen molar-refractivity contribution in [2.75, 3.05) is 0 Å². The summed E-state index contributed by atoms with van der Waals surface area (Å²) in [7, 11) is 0.